The number of nitrogens with one attached hydrogen (secondary N) is 1. The minimum Gasteiger partial charge on any atom is -0.338 e. The number of benzene rings is 1. The summed E-state index contributed by atoms with van der Waals surface area (Å²) < 4.78 is 15.6. The maximum absolute atomic E-state index is 13.6. The lowest BCUT2D eigenvalue weighted by Gasteiger charge is -2.20. The van der Waals surface area contributed by atoms with Crippen molar-refractivity contribution in [2.24, 2.45) is 7.05 Å². The summed E-state index contributed by atoms with van der Waals surface area (Å²) in [5.41, 5.74) is 0.781. The van der Waals surface area contributed by atoms with Crippen LogP contribution in [0.15, 0.2) is 30.6 Å². The van der Waals surface area contributed by atoms with Crippen molar-refractivity contribution < 1.29 is 4.39 Å². The van der Waals surface area contributed by atoms with Crippen LogP contribution in [0.1, 0.15) is 30.8 Å². The Kier molecular flexibility index (Phi) is 5.15. The molecule has 0 saturated carbocycles. The molecule has 0 amide bonds. The third kappa shape index (κ3) is 3.38. The molecule has 0 saturated heterocycles. The fraction of sp³-hybridized carbons (Fsp3) is 0.400. The van der Waals surface area contributed by atoms with Crippen molar-refractivity contribution >= 4 is 11.6 Å². The summed E-state index contributed by atoms with van der Waals surface area (Å²) in [4.78, 5) is 4.33. The molecule has 108 valence electrons. The average molecular weight is 296 g/mol. The van der Waals surface area contributed by atoms with Crippen molar-refractivity contribution in [3.8, 4) is 0 Å². The maximum Gasteiger partial charge on any atom is 0.142 e. The zero-order chi connectivity index (χ0) is 14.5. The number of hydrogen-bond acceptors (Lipinski definition) is 2. The van der Waals surface area contributed by atoms with Gasteiger partial charge in [-0.3, -0.25) is 0 Å². The van der Waals surface area contributed by atoms with Gasteiger partial charge in [-0.25, -0.2) is 9.37 Å². The molecule has 1 atom stereocenters. The van der Waals surface area contributed by atoms with E-state index in [1.54, 1.807) is 12.3 Å². The summed E-state index contributed by atoms with van der Waals surface area (Å²) in [7, 11) is 1.95. The van der Waals surface area contributed by atoms with Crippen molar-refractivity contribution in [3.05, 3.63) is 52.8 Å². The Morgan fingerprint density at radius 2 is 2.25 bits per heavy atom. The first-order valence-corrected chi connectivity index (χ1v) is 7.14. The van der Waals surface area contributed by atoms with Crippen LogP contribution in [0, 0.1) is 5.82 Å². The molecule has 1 N–H and O–H groups in total. The van der Waals surface area contributed by atoms with Gasteiger partial charge >= 0.3 is 0 Å². The highest BCUT2D eigenvalue weighted by atomic mass is 35.5. The first kappa shape index (κ1) is 15.0. The highest BCUT2D eigenvalue weighted by Crippen LogP contribution is 2.27. The van der Waals surface area contributed by atoms with E-state index in [2.05, 4.69) is 17.2 Å². The van der Waals surface area contributed by atoms with Crippen LogP contribution in [-0.2, 0) is 13.5 Å². The summed E-state index contributed by atoms with van der Waals surface area (Å²) in [5, 5.41) is 3.60. The highest BCUT2D eigenvalue weighted by Gasteiger charge is 2.18. The van der Waals surface area contributed by atoms with E-state index in [4.69, 9.17) is 11.6 Å². The summed E-state index contributed by atoms with van der Waals surface area (Å²) >= 11 is 6.10. The minimum atomic E-state index is -0.382. The van der Waals surface area contributed by atoms with Gasteiger partial charge < -0.3 is 9.88 Å². The Morgan fingerprint density at radius 1 is 1.45 bits per heavy atom. The predicted molar refractivity (Wildman–Crippen MR) is 79.4 cm³/mol. The number of imidazole rings is 1. The smallest absolute Gasteiger partial charge is 0.142 e. The summed E-state index contributed by atoms with van der Waals surface area (Å²) in [6.07, 6.45) is 5.34. The van der Waals surface area contributed by atoms with E-state index in [9.17, 15) is 4.39 Å². The molecule has 0 aliphatic rings. The zero-order valence-corrected chi connectivity index (χ0v) is 12.5. The number of nitrogens with zero attached hydrogens (tertiary/aromatic N) is 2. The van der Waals surface area contributed by atoms with Gasteiger partial charge in [-0.15, -0.1) is 0 Å². The molecule has 0 aliphatic carbocycles. The van der Waals surface area contributed by atoms with Gasteiger partial charge in [0, 0.05) is 31.9 Å². The van der Waals surface area contributed by atoms with Crippen LogP contribution < -0.4 is 5.32 Å². The zero-order valence-electron chi connectivity index (χ0n) is 11.7. The second kappa shape index (κ2) is 6.86. The van der Waals surface area contributed by atoms with Crippen LogP contribution in [0.5, 0.6) is 0 Å². The molecular formula is C15H19ClFN3. The van der Waals surface area contributed by atoms with Gasteiger partial charge in [0.05, 0.1) is 5.02 Å². The molecule has 0 spiro atoms. The fourth-order valence-corrected chi connectivity index (χ4v) is 2.43. The molecule has 5 heteroatoms. The predicted octanol–water partition coefficient (Wildman–Crippen LogP) is 3.50. The molecule has 20 heavy (non-hydrogen) atoms. The van der Waals surface area contributed by atoms with E-state index < -0.39 is 0 Å². The number of hydrogen-bond donors (Lipinski definition) is 1. The van der Waals surface area contributed by atoms with E-state index in [-0.39, 0.29) is 16.9 Å². The van der Waals surface area contributed by atoms with Gasteiger partial charge in [-0.2, -0.15) is 0 Å². The molecule has 0 fully saturated rings. The van der Waals surface area contributed by atoms with Crippen molar-refractivity contribution in [1.82, 2.24) is 14.9 Å². The number of rotatable bonds is 6. The topological polar surface area (TPSA) is 29.9 Å². The highest BCUT2D eigenvalue weighted by molar-refractivity contribution is 6.31. The number of aromatic nitrogens is 2. The Labute approximate surface area is 123 Å². The molecule has 2 rings (SSSR count). The monoisotopic (exact) mass is 295 g/mol. The number of aryl methyl sites for hydroxylation is 1. The molecule has 1 heterocycles. The lowest BCUT2D eigenvalue weighted by atomic mass is 10.0. The molecule has 1 aromatic carbocycles. The quantitative estimate of drug-likeness (QED) is 0.884. The SMILES string of the molecule is CCCNC(Cc1nccn1C)c1cccc(F)c1Cl. The molecule has 1 unspecified atom stereocenters. The van der Waals surface area contributed by atoms with Crippen molar-refractivity contribution in [2.75, 3.05) is 6.54 Å². The van der Waals surface area contributed by atoms with E-state index in [1.165, 1.54) is 6.07 Å². The van der Waals surface area contributed by atoms with Crippen LogP contribution in [-0.4, -0.2) is 16.1 Å². The second-order valence-corrected chi connectivity index (χ2v) is 5.19. The van der Waals surface area contributed by atoms with Gasteiger partial charge in [0.1, 0.15) is 11.6 Å². The first-order valence-electron chi connectivity index (χ1n) is 6.77. The van der Waals surface area contributed by atoms with E-state index in [0.29, 0.717) is 6.42 Å². The second-order valence-electron chi connectivity index (χ2n) is 4.81. The Morgan fingerprint density at radius 3 is 2.90 bits per heavy atom. The maximum atomic E-state index is 13.6. The van der Waals surface area contributed by atoms with Gasteiger partial charge in [0.2, 0.25) is 0 Å². The molecule has 0 bridgehead atoms. The molecule has 0 aliphatic heterocycles. The third-order valence-electron chi connectivity index (χ3n) is 3.31. The summed E-state index contributed by atoms with van der Waals surface area (Å²) in [6, 6.07) is 4.89. The Hall–Kier alpha value is -1.39. The summed E-state index contributed by atoms with van der Waals surface area (Å²) in [5.74, 6) is 0.561. The molecule has 0 radical (unpaired) electrons. The van der Waals surface area contributed by atoms with Crippen LogP contribution >= 0.6 is 11.6 Å². The van der Waals surface area contributed by atoms with Crippen LogP contribution in [0.4, 0.5) is 4.39 Å². The van der Waals surface area contributed by atoms with Crippen molar-refractivity contribution in [3.63, 3.8) is 0 Å². The van der Waals surface area contributed by atoms with E-state index in [1.807, 2.05) is 23.9 Å². The minimum absolute atomic E-state index is 0.0424. The van der Waals surface area contributed by atoms with Crippen molar-refractivity contribution in [2.45, 2.75) is 25.8 Å². The molecule has 1 aromatic heterocycles. The molecule has 2 aromatic rings. The number of halogens is 2. The van der Waals surface area contributed by atoms with Crippen LogP contribution in [0.2, 0.25) is 5.02 Å². The Balaban J connectivity index is 2.27. The lowest BCUT2D eigenvalue weighted by molar-refractivity contribution is 0.508. The Bertz CT molecular complexity index is 568. The van der Waals surface area contributed by atoms with E-state index in [0.717, 1.165) is 24.4 Å². The molecule has 3 nitrogen and oxygen atoms in total. The van der Waals surface area contributed by atoms with Crippen LogP contribution in [0.3, 0.4) is 0 Å². The van der Waals surface area contributed by atoms with E-state index >= 15 is 0 Å². The molecular weight excluding hydrogens is 277 g/mol. The largest absolute Gasteiger partial charge is 0.338 e. The van der Waals surface area contributed by atoms with Gasteiger partial charge in [0.25, 0.3) is 0 Å². The lowest BCUT2D eigenvalue weighted by Crippen LogP contribution is -2.25. The van der Waals surface area contributed by atoms with Crippen LogP contribution in [0.25, 0.3) is 0 Å². The fourth-order valence-electron chi connectivity index (χ4n) is 2.18. The third-order valence-corrected chi connectivity index (χ3v) is 3.70. The first-order chi connectivity index (χ1) is 9.63. The van der Waals surface area contributed by atoms with Gasteiger partial charge in [-0.05, 0) is 24.6 Å². The normalized spacial score (nSPS) is 12.6. The average Bonchev–Trinajstić information content (AvgIpc) is 2.83. The van der Waals surface area contributed by atoms with Crippen molar-refractivity contribution in [1.29, 1.82) is 0 Å². The summed E-state index contributed by atoms with van der Waals surface area (Å²) in [6.45, 7) is 2.94. The van der Waals surface area contributed by atoms with Gasteiger partial charge in [-0.1, -0.05) is 30.7 Å². The van der Waals surface area contributed by atoms with Gasteiger partial charge in [0.15, 0.2) is 0 Å². The standard InChI is InChI=1S/C15H19ClFN3/c1-3-7-18-13(10-14-19-8-9-20(14)2)11-5-4-6-12(17)15(11)16/h4-6,8-9,13,18H,3,7,10H2,1-2H3.